The topological polar surface area (TPSA) is 64.1 Å². The van der Waals surface area contributed by atoms with E-state index in [0.717, 1.165) is 17.8 Å². The van der Waals surface area contributed by atoms with Crippen molar-refractivity contribution in [2.24, 2.45) is 0 Å². The summed E-state index contributed by atoms with van der Waals surface area (Å²) in [6.45, 7) is 3.95. The molecule has 1 aromatic rings. The highest BCUT2D eigenvalue weighted by atomic mass is 32.2. The smallest absolute Gasteiger partial charge is 0.221 e. The number of nitrogens with one attached hydrogen (secondary N) is 1. The van der Waals surface area contributed by atoms with Crippen molar-refractivity contribution >= 4 is 16.6 Å². The summed E-state index contributed by atoms with van der Waals surface area (Å²) in [5.74, 6) is 2.04. The third-order valence-electron chi connectivity index (χ3n) is 2.45. The molecule has 2 atom stereocenters. The van der Waals surface area contributed by atoms with E-state index in [2.05, 4.69) is 15.3 Å². The fourth-order valence-electron chi connectivity index (χ4n) is 1.43. The SMILES string of the molecule is COc1ncnc(NC(C)CCS(C)=O)c1C. The lowest BCUT2D eigenvalue weighted by molar-refractivity contribution is 0.393. The standard InChI is InChI=1S/C11H19N3O2S/c1-8(5-6-17(4)15)14-10-9(2)11(16-3)13-7-12-10/h7-8H,5-6H2,1-4H3,(H,12,13,14). The van der Waals surface area contributed by atoms with E-state index in [0.29, 0.717) is 11.6 Å². The molecule has 0 radical (unpaired) electrons. The van der Waals surface area contributed by atoms with Crippen molar-refractivity contribution in [3.8, 4) is 5.88 Å². The quantitative estimate of drug-likeness (QED) is 0.833. The zero-order chi connectivity index (χ0) is 12.8. The van der Waals surface area contributed by atoms with Gasteiger partial charge in [-0.1, -0.05) is 0 Å². The molecule has 96 valence electrons. The van der Waals surface area contributed by atoms with Gasteiger partial charge >= 0.3 is 0 Å². The second-order valence-electron chi connectivity index (χ2n) is 3.97. The lowest BCUT2D eigenvalue weighted by Gasteiger charge is -2.16. The molecule has 6 heteroatoms. The van der Waals surface area contributed by atoms with Crippen LogP contribution in [0.15, 0.2) is 6.33 Å². The van der Waals surface area contributed by atoms with Crippen molar-refractivity contribution in [1.29, 1.82) is 0 Å². The molecule has 17 heavy (non-hydrogen) atoms. The van der Waals surface area contributed by atoms with Gasteiger partial charge in [0.25, 0.3) is 0 Å². The molecule has 0 aromatic carbocycles. The van der Waals surface area contributed by atoms with Gasteiger partial charge in [-0.25, -0.2) is 9.97 Å². The predicted octanol–water partition coefficient (Wildman–Crippen LogP) is 1.36. The molecule has 1 N–H and O–H groups in total. The number of anilines is 1. The number of aromatic nitrogens is 2. The number of hydrogen-bond donors (Lipinski definition) is 1. The summed E-state index contributed by atoms with van der Waals surface area (Å²) >= 11 is 0. The second kappa shape index (κ2) is 6.54. The van der Waals surface area contributed by atoms with Crippen LogP contribution >= 0.6 is 0 Å². The Morgan fingerprint density at radius 2 is 2.24 bits per heavy atom. The molecule has 0 aliphatic heterocycles. The third-order valence-corrected chi connectivity index (χ3v) is 3.26. The number of nitrogens with zero attached hydrogens (tertiary/aromatic N) is 2. The highest BCUT2D eigenvalue weighted by Crippen LogP contribution is 2.20. The summed E-state index contributed by atoms with van der Waals surface area (Å²) in [4.78, 5) is 8.19. The summed E-state index contributed by atoms with van der Waals surface area (Å²) in [5, 5.41) is 3.27. The third kappa shape index (κ3) is 4.30. The van der Waals surface area contributed by atoms with Gasteiger partial charge in [-0.15, -0.1) is 0 Å². The molecule has 0 fully saturated rings. The second-order valence-corrected chi connectivity index (χ2v) is 5.52. The minimum Gasteiger partial charge on any atom is -0.481 e. The van der Waals surface area contributed by atoms with Crippen molar-refractivity contribution in [1.82, 2.24) is 9.97 Å². The molecule has 0 aliphatic carbocycles. The number of methoxy groups -OCH3 is 1. The monoisotopic (exact) mass is 257 g/mol. The van der Waals surface area contributed by atoms with E-state index in [1.54, 1.807) is 13.4 Å². The highest BCUT2D eigenvalue weighted by Gasteiger charge is 2.10. The molecular formula is C11H19N3O2S. The largest absolute Gasteiger partial charge is 0.481 e. The lowest BCUT2D eigenvalue weighted by Crippen LogP contribution is -2.19. The van der Waals surface area contributed by atoms with Crippen molar-refractivity contribution in [2.45, 2.75) is 26.3 Å². The van der Waals surface area contributed by atoms with Crippen molar-refractivity contribution in [2.75, 3.05) is 24.4 Å². The molecule has 0 aliphatic rings. The summed E-state index contributed by atoms with van der Waals surface area (Å²) in [7, 11) is 0.833. The summed E-state index contributed by atoms with van der Waals surface area (Å²) in [6.07, 6.45) is 4.03. The summed E-state index contributed by atoms with van der Waals surface area (Å²) in [5.41, 5.74) is 0.888. The molecule has 0 saturated heterocycles. The molecule has 0 spiro atoms. The molecule has 2 unspecified atom stereocenters. The number of rotatable bonds is 6. The van der Waals surface area contributed by atoms with Gasteiger partial charge in [0.05, 0.1) is 12.7 Å². The van der Waals surface area contributed by atoms with Crippen LogP contribution in [0.5, 0.6) is 5.88 Å². The van der Waals surface area contributed by atoms with Gasteiger partial charge in [0.15, 0.2) is 0 Å². The van der Waals surface area contributed by atoms with E-state index in [1.807, 2.05) is 13.8 Å². The van der Waals surface area contributed by atoms with E-state index in [9.17, 15) is 4.21 Å². The first-order chi connectivity index (χ1) is 8.04. The van der Waals surface area contributed by atoms with E-state index in [1.165, 1.54) is 6.33 Å². The van der Waals surface area contributed by atoms with Crippen LogP contribution in [0, 0.1) is 6.92 Å². The summed E-state index contributed by atoms with van der Waals surface area (Å²) in [6, 6.07) is 0.220. The van der Waals surface area contributed by atoms with Crippen LogP contribution in [0.4, 0.5) is 5.82 Å². The zero-order valence-corrected chi connectivity index (χ0v) is 11.5. The van der Waals surface area contributed by atoms with E-state index >= 15 is 0 Å². The van der Waals surface area contributed by atoms with Gasteiger partial charge in [0.2, 0.25) is 5.88 Å². The Morgan fingerprint density at radius 1 is 1.53 bits per heavy atom. The fourth-order valence-corrected chi connectivity index (χ4v) is 2.12. The van der Waals surface area contributed by atoms with Crippen molar-refractivity contribution in [3.05, 3.63) is 11.9 Å². The van der Waals surface area contributed by atoms with Crippen LogP contribution in [0.25, 0.3) is 0 Å². The van der Waals surface area contributed by atoms with Crippen molar-refractivity contribution < 1.29 is 8.95 Å². The normalized spacial score (nSPS) is 14.1. The summed E-state index contributed by atoms with van der Waals surface area (Å²) < 4.78 is 16.1. The predicted molar refractivity (Wildman–Crippen MR) is 70.0 cm³/mol. The average molecular weight is 257 g/mol. The molecule has 5 nitrogen and oxygen atoms in total. The Bertz CT molecular complexity index is 398. The molecule has 0 bridgehead atoms. The van der Waals surface area contributed by atoms with Crippen LogP contribution in [-0.4, -0.2) is 39.3 Å². The number of ether oxygens (including phenoxy) is 1. The minimum absolute atomic E-state index is 0.220. The highest BCUT2D eigenvalue weighted by molar-refractivity contribution is 7.84. The van der Waals surface area contributed by atoms with Crippen LogP contribution in [-0.2, 0) is 10.8 Å². The van der Waals surface area contributed by atoms with Crippen LogP contribution in [0.3, 0.4) is 0 Å². The first kappa shape index (κ1) is 13.9. The maximum absolute atomic E-state index is 11.0. The fraction of sp³-hybridized carbons (Fsp3) is 0.636. The van der Waals surface area contributed by atoms with Crippen LogP contribution in [0.2, 0.25) is 0 Å². The number of hydrogen-bond acceptors (Lipinski definition) is 5. The maximum Gasteiger partial charge on any atom is 0.221 e. The maximum atomic E-state index is 11.0. The van der Waals surface area contributed by atoms with Gasteiger partial charge in [-0.2, -0.15) is 0 Å². The molecule has 1 rings (SSSR count). The minimum atomic E-state index is -0.753. The van der Waals surface area contributed by atoms with E-state index in [4.69, 9.17) is 4.74 Å². The lowest BCUT2D eigenvalue weighted by atomic mass is 10.2. The molecule has 0 amide bonds. The van der Waals surface area contributed by atoms with E-state index in [-0.39, 0.29) is 6.04 Å². The Hall–Kier alpha value is -1.17. The molecule has 1 aromatic heterocycles. The van der Waals surface area contributed by atoms with Crippen molar-refractivity contribution in [3.63, 3.8) is 0 Å². The van der Waals surface area contributed by atoms with Gasteiger partial charge in [-0.05, 0) is 20.3 Å². The van der Waals surface area contributed by atoms with Gasteiger partial charge in [0, 0.05) is 28.9 Å². The zero-order valence-electron chi connectivity index (χ0n) is 10.7. The van der Waals surface area contributed by atoms with E-state index < -0.39 is 10.8 Å². The van der Waals surface area contributed by atoms with Gasteiger partial charge < -0.3 is 10.1 Å². The van der Waals surface area contributed by atoms with Gasteiger partial charge in [-0.3, -0.25) is 4.21 Å². The Morgan fingerprint density at radius 3 is 2.82 bits per heavy atom. The molecule has 1 heterocycles. The molecule has 0 saturated carbocycles. The van der Waals surface area contributed by atoms with Gasteiger partial charge in [0.1, 0.15) is 12.1 Å². The average Bonchev–Trinajstić information content (AvgIpc) is 2.29. The first-order valence-corrected chi connectivity index (χ1v) is 7.19. The Kier molecular flexibility index (Phi) is 5.34. The Balaban J connectivity index is 2.64. The Labute approximate surface area is 104 Å². The first-order valence-electron chi connectivity index (χ1n) is 5.46. The van der Waals surface area contributed by atoms with Crippen LogP contribution in [0.1, 0.15) is 18.9 Å². The molecular weight excluding hydrogens is 238 g/mol. The van der Waals surface area contributed by atoms with Crippen LogP contribution < -0.4 is 10.1 Å².